The molecule has 0 bridgehead atoms. The second-order valence-electron chi connectivity index (χ2n) is 6.16. The second-order valence-corrected chi connectivity index (χ2v) is 6.16. The lowest BCUT2D eigenvalue weighted by Gasteiger charge is -2.11. The molecule has 1 aromatic carbocycles. The number of fused-ring (bicyclic) bond motifs is 1. The molecule has 0 atom stereocenters. The highest BCUT2D eigenvalue weighted by atomic mass is 16.5. The number of benzene rings is 1. The van der Waals surface area contributed by atoms with Gasteiger partial charge in [-0.1, -0.05) is 5.92 Å². The van der Waals surface area contributed by atoms with Gasteiger partial charge in [0, 0.05) is 31.5 Å². The fraction of sp³-hybridized carbons (Fsp3) is 0.286. The number of nitrogens with zero attached hydrogens (tertiary/aromatic N) is 3. The quantitative estimate of drug-likeness (QED) is 0.644. The van der Waals surface area contributed by atoms with Crippen LogP contribution in [0.15, 0.2) is 30.6 Å². The fourth-order valence-corrected chi connectivity index (χ4v) is 2.78. The smallest absolute Gasteiger partial charge is 0.287 e. The van der Waals surface area contributed by atoms with Crippen molar-refractivity contribution < 1.29 is 19.0 Å². The molecule has 0 aliphatic carbocycles. The van der Waals surface area contributed by atoms with E-state index in [1.165, 1.54) is 0 Å². The molecular weight excluding hydrogens is 372 g/mol. The van der Waals surface area contributed by atoms with Gasteiger partial charge in [-0.25, -0.2) is 4.98 Å². The molecule has 29 heavy (non-hydrogen) atoms. The molecule has 0 aliphatic rings. The molecule has 150 valence electrons. The molecule has 0 aliphatic heterocycles. The lowest BCUT2D eigenvalue weighted by Crippen LogP contribution is -2.25. The Bertz CT molecular complexity index is 1100. The van der Waals surface area contributed by atoms with Gasteiger partial charge < -0.3 is 19.5 Å². The van der Waals surface area contributed by atoms with Gasteiger partial charge in [-0.2, -0.15) is 0 Å². The van der Waals surface area contributed by atoms with Gasteiger partial charge in [0.15, 0.2) is 0 Å². The van der Waals surface area contributed by atoms with Crippen LogP contribution < -0.4 is 14.8 Å². The van der Waals surface area contributed by atoms with Crippen molar-refractivity contribution in [3.63, 3.8) is 0 Å². The number of hydrogen-bond donors (Lipinski definition) is 1. The molecule has 2 aromatic heterocycles. The zero-order valence-electron chi connectivity index (χ0n) is 16.8. The summed E-state index contributed by atoms with van der Waals surface area (Å²) in [6, 6.07) is 5.43. The highest BCUT2D eigenvalue weighted by molar-refractivity contribution is 5.92. The molecule has 1 N–H and O–H groups in total. The molecule has 3 aromatic rings. The summed E-state index contributed by atoms with van der Waals surface area (Å²) in [5.74, 6) is 7.00. The van der Waals surface area contributed by atoms with Crippen LogP contribution >= 0.6 is 0 Å². The Labute approximate surface area is 168 Å². The van der Waals surface area contributed by atoms with Crippen LogP contribution in [0.25, 0.3) is 5.52 Å². The molecule has 1 amide bonds. The Hall–Kier alpha value is -3.57. The third-order valence-electron chi connectivity index (χ3n) is 4.21. The first-order valence-corrected chi connectivity index (χ1v) is 8.89. The molecule has 8 heteroatoms. The van der Waals surface area contributed by atoms with Crippen molar-refractivity contribution in [2.75, 3.05) is 27.9 Å². The highest BCUT2D eigenvalue weighted by Gasteiger charge is 2.17. The first-order valence-electron chi connectivity index (χ1n) is 8.89. The number of methoxy groups -OCH3 is 3. The summed E-state index contributed by atoms with van der Waals surface area (Å²) in [5, 5.41) is 2.88. The minimum atomic E-state index is -0.330. The van der Waals surface area contributed by atoms with Crippen molar-refractivity contribution >= 4 is 11.4 Å². The van der Waals surface area contributed by atoms with Crippen LogP contribution in [0.1, 0.15) is 27.6 Å². The maximum Gasteiger partial charge on any atom is 0.287 e. The minimum absolute atomic E-state index is 0.236. The number of aryl methyl sites for hydroxylation is 1. The predicted octanol–water partition coefficient (Wildman–Crippen LogP) is 1.98. The number of ether oxygens (including phenoxy) is 3. The van der Waals surface area contributed by atoms with Gasteiger partial charge in [-0.05, 0) is 25.0 Å². The molecular formula is C21H22N4O4. The van der Waals surface area contributed by atoms with E-state index >= 15 is 0 Å². The molecule has 2 heterocycles. The summed E-state index contributed by atoms with van der Waals surface area (Å²) in [7, 11) is 4.73. The van der Waals surface area contributed by atoms with E-state index in [0.717, 1.165) is 11.3 Å². The first kappa shape index (κ1) is 20.2. The number of amides is 1. The van der Waals surface area contributed by atoms with Gasteiger partial charge in [0.1, 0.15) is 29.3 Å². The van der Waals surface area contributed by atoms with Gasteiger partial charge >= 0.3 is 0 Å². The number of carbonyl (C=O) groups is 1. The van der Waals surface area contributed by atoms with Crippen molar-refractivity contribution in [3.8, 4) is 23.3 Å². The van der Waals surface area contributed by atoms with E-state index in [2.05, 4.69) is 27.1 Å². The first-order chi connectivity index (χ1) is 14.1. The molecule has 0 saturated carbocycles. The minimum Gasteiger partial charge on any atom is -0.497 e. The van der Waals surface area contributed by atoms with E-state index < -0.39 is 0 Å². The third kappa shape index (κ3) is 4.47. The summed E-state index contributed by atoms with van der Waals surface area (Å²) in [5.41, 5.74) is 2.71. The van der Waals surface area contributed by atoms with E-state index in [1.807, 2.05) is 19.1 Å². The third-order valence-corrected chi connectivity index (χ3v) is 4.21. The number of hydrogen-bond acceptors (Lipinski definition) is 6. The van der Waals surface area contributed by atoms with Crippen molar-refractivity contribution in [3.05, 3.63) is 53.4 Å². The number of aromatic nitrogens is 3. The number of rotatable bonds is 6. The van der Waals surface area contributed by atoms with Crippen LogP contribution in [0.4, 0.5) is 0 Å². The Morgan fingerprint density at radius 3 is 2.79 bits per heavy atom. The molecule has 0 radical (unpaired) electrons. The maximum atomic E-state index is 12.9. The average Bonchev–Trinajstić information content (AvgIpc) is 3.09. The van der Waals surface area contributed by atoms with Crippen LogP contribution in [0.5, 0.6) is 11.5 Å². The van der Waals surface area contributed by atoms with Crippen LogP contribution in [-0.2, 0) is 11.3 Å². The van der Waals surface area contributed by atoms with Crippen LogP contribution in [0.2, 0.25) is 0 Å². The SMILES string of the molecule is COCC#Cc1nc(C(=O)NCc2ccc(OC)cc2OC)n2cc(C)ncc12. The topological polar surface area (TPSA) is 87.0 Å². The number of nitrogens with one attached hydrogen (secondary N) is 1. The van der Waals surface area contributed by atoms with E-state index in [4.69, 9.17) is 14.2 Å². The summed E-state index contributed by atoms with van der Waals surface area (Å²) in [4.78, 5) is 21.6. The monoisotopic (exact) mass is 394 g/mol. The van der Waals surface area contributed by atoms with Crippen LogP contribution in [0.3, 0.4) is 0 Å². The number of carbonyl (C=O) groups excluding carboxylic acids is 1. The molecule has 0 fully saturated rings. The van der Waals surface area contributed by atoms with Crippen LogP contribution in [-0.4, -0.2) is 48.2 Å². The fourth-order valence-electron chi connectivity index (χ4n) is 2.78. The van der Waals surface area contributed by atoms with Gasteiger partial charge in [0.2, 0.25) is 5.82 Å². The zero-order valence-corrected chi connectivity index (χ0v) is 16.8. The van der Waals surface area contributed by atoms with E-state index in [9.17, 15) is 4.79 Å². The lowest BCUT2D eigenvalue weighted by molar-refractivity contribution is 0.0939. The summed E-state index contributed by atoms with van der Waals surface area (Å²) >= 11 is 0. The second kappa shape index (κ2) is 9.08. The molecule has 8 nitrogen and oxygen atoms in total. The van der Waals surface area contributed by atoms with Crippen molar-refractivity contribution in [1.82, 2.24) is 19.7 Å². The average molecular weight is 394 g/mol. The van der Waals surface area contributed by atoms with Crippen molar-refractivity contribution in [2.45, 2.75) is 13.5 Å². The Kier molecular flexibility index (Phi) is 6.32. The maximum absolute atomic E-state index is 12.9. The zero-order chi connectivity index (χ0) is 20.8. The van der Waals surface area contributed by atoms with Crippen LogP contribution in [0, 0.1) is 18.8 Å². The van der Waals surface area contributed by atoms with E-state index in [1.54, 1.807) is 44.2 Å². The van der Waals surface area contributed by atoms with Gasteiger partial charge in [-0.15, -0.1) is 0 Å². The standard InChI is InChI=1S/C21H22N4O4/c1-14-13-25-18(12-22-14)17(6-5-9-27-2)24-20(25)21(26)23-11-15-7-8-16(28-3)10-19(15)29-4/h7-8,10,12-13H,9,11H2,1-4H3,(H,23,26). The summed E-state index contributed by atoms with van der Waals surface area (Å²) < 4.78 is 17.2. The molecule has 0 unspecified atom stereocenters. The van der Waals surface area contributed by atoms with Gasteiger partial charge in [0.05, 0.1) is 26.1 Å². The molecule has 0 saturated heterocycles. The Morgan fingerprint density at radius 1 is 1.24 bits per heavy atom. The predicted molar refractivity (Wildman–Crippen MR) is 107 cm³/mol. The molecule has 3 rings (SSSR count). The van der Waals surface area contributed by atoms with Crippen molar-refractivity contribution in [2.24, 2.45) is 0 Å². The summed E-state index contributed by atoms with van der Waals surface area (Å²) in [6.07, 6.45) is 3.41. The number of imidazole rings is 1. The summed E-state index contributed by atoms with van der Waals surface area (Å²) in [6.45, 7) is 2.40. The van der Waals surface area contributed by atoms with E-state index in [0.29, 0.717) is 22.7 Å². The highest BCUT2D eigenvalue weighted by Crippen LogP contribution is 2.24. The Balaban J connectivity index is 1.88. The van der Waals surface area contributed by atoms with E-state index in [-0.39, 0.29) is 24.9 Å². The van der Waals surface area contributed by atoms with Gasteiger partial charge in [0.25, 0.3) is 5.91 Å². The van der Waals surface area contributed by atoms with Gasteiger partial charge in [-0.3, -0.25) is 14.2 Å². The Morgan fingerprint density at radius 2 is 2.07 bits per heavy atom. The largest absolute Gasteiger partial charge is 0.497 e. The normalized spacial score (nSPS) is 10.3. The molecule has 0 spiro atoms. The van der Waals surface area contributed by atoms with Crippen molar-refractivity contribution in [1.29, 1.82) is 0 Å². The lowest BCUT2D eigenvalue weighted by atomic mass is 10.2.